The van der Waals surface area contributed by atoms with E-state index in [-0.39, 0.29) is 12.0 Å². The van der Waals surface area contributed by atoms with Crippen molar-refractivity contribution in [2.45, 2.75) is 52.1 Å². The van der Waals surface area contributed by atoms with E-state index in [4.69, 9.17) is 0 Å². The van der Waals surface area contributed by atoms with Gasteiger partial charge >= 0.3 is 0 Å². The molecule has 0 saturated carbocycles. The highest BCUT2D eigenvalue weighted by molar-refractivity contribution is 7.09. The van der Waals surface area contributed by atoms with Crippen LogP contribution >= 0.6 is 11.3 Å². The molecule has 0 saturated heterocycles. The molecule has 2 N–H and O–H groups in total. The minimum atomic E-state index is -0.322. The van der Waals surface area contributed by atoms with Gasteiger partial charge in [-0.1, -0.05) is 20.8 Å². The van der Waals surface area contributed by atoms with Crippen LogP contribution in [-0.2, 0) is 11.2 Å². The van der Waals surface area contributed by atoms with E-state index < -0.39 is 0 Å². The molecule has 0 aromatic carbocycles. The average molecular weight is 270 g/mol. The summed E-state index contributed by atoms with van der Waals surface area (Å²) in [5.74, 6) is 0.380. The molecule has 1 aromatic rings. The monoisotopic (exact) mass is 270 g/mol. The Hall–Kier alpha value is -0.940. The number of carbonyl (C=O) groups excluding carboxylic acids is 1. The molecule has 1 atom stereocenters. The van der Waals surface area contributed by atoms with Gasteiger partial charge in [-0.2, -0.15) is 0 Å². The smallest absolute Gasteiger partial charge is 0.226 e. The zero-order valence-electron chi connectivity index (χ0n) is 11.3. The van der Waals surface area contributed by atoms with E-state index in [0.29, 0.717) is 25.3 Å². The summed E-state index contributed by atoms with van der Waals surface area (Å²) in [6, 6.07) is 0. The van der Waals surface area contributed by atoms with Crippen LogP contribution in [0.1, 0.15) is 50.2 Å². The fourth-order valence-electron chi connectivity index (χ4n) is 1.48. The van der Waals surface area contributed by atoms with Crippen molar-refractivity contribution < 1.29 is 9.90 Å². The molecule has 1 aromatic heterocycles. The molecule has 0 aliphatic heterocycles. The van der Waals surface area contributed by atoms with E-state index >= 15 is 0 Å². The molecule has 1 unspecified atom stereocenters. The lowest BCUT2D eigenvalue weighted by Crippen LogP contribution is -2.28. The summed E-state index contributed by atoms with van der Waals surface area (Å²) in [7, 11) is 0. The number of rotatable bonds is 7. The molecule has 1 heterocycles. The Balaban J connectivity index is 2.31. The highest BCUT2D eigenvalue weighted by Gasteiger charge is 2.09. The van der Waals surface area contributed by atoms with Gasteiger partial charge in [-0.25, -0.2) is 4.98 Å². The van der Waals surface area contributed by atoms with Crippen molar-refractivity contribution in [2.75, 3.05) is 6.54 Å². The van der Waals surface area contributed by atoms with Crippen LogP contribution in [0.2, 0.25) is 0 Å². The molecule has 18 heavy (non-hydrogen) atoms. The molecule has 102 valence electrons. The third-order valence-electron chi connectivity index (χ3n) is 2.68. The fourth-order valence-corrected chi connectivity index (χ4v) is 2.31. The van der Waals surface area contributed by atoms with Crippen molar-refractivity contribution >= 4 is 17.2 Å². The lowest BCUT2D eigenvalue weighted by atomic mass is 10.2. The quantitative estimate of drug-likeness (QED) is 0.797. The van der Waals surface area contributed by atoms with Crippen LogP contribution < -0.4 is 5.32 Å². The van der Waals surface area contributed by atoms with Crippen molar-refractivity contribution in [3.63, 3.8) is 0 Å². The van der Waals surface area contributed by atoms with Crippen molar-refractivity contribution in [3.05, 3.63) is 16.1 Å². The third-order valence-corrected chi connectivity index (χ3v) is 3.87. The molecular weight excluding hydrogens is 248 g/mol. The van der Waals surface area contributed by atoms with Crippen LogP contribution in [0.4, 0.5) is 0 Å². The van der Waals surface area contributed by atoms with Gasteiger partial charge in [-0.3, -0.25) is 4.79 Å². The normalized spacial score (nSPS) is 12.7. The van der Waals surface area contributed by atoms with Gasteiger partial charge in [0.05, 0.1) is 23.2 Å². The van der Waals surface area contributed by atoms with Gasteiger partial charge in [0.25, 0.3) is 0 Å². The highest BCUT2D eigenvalue weighted by Crippen LogP contribution is 2.19. The van der Waals surface area contributed by atoms with Crippen LogP contribution in [0.3, 0.4) is 0 Å². The Labute approximate surface area is 112 Å². The zero-order chi connectivity index (χ0) is 13.5. The number of nitrogens with zero attached hydrogens (tertiary/aromatic N) is 1. The standard InChI is InChI=1S/C13H22N2O2S/c1-4-11(16)5-6-14-12(17)7-10-8-18-13(15-10)9(2)3/h8-9,11,16H,4-7H2,1-3H3,(H,14,17). The van der Waals surface area contributed by atoms with Crippen molar-refractivity contribution in [1.82, 2.24) is 10.3 Å². The van der Waals surface area contributed by atoms with Crippen molar-refractivity contribution in [2.24, 2.45) is 0 Å². The first kappa shape index (κ1) is 15.1. The largest absolute Gasteiger partial charge is 0.393 e. The zero-order valence-corrected chi connectivity index (χ0v) is 12.1. The van der Waals surface area contributed by atoms with Gasteiger partial charge in [0.15, 0.2) is 0 Å². The summed E-state index contributed by atoms with van der Waals surface area (Å²) in [5.41, 5.74) is 0.831. The topological polar surface area (TPSA) is 62.2 Å². The van der Waals surface area contributed by atoms with Crippen LogP contribution in [-0.4, -0.2) is 28.6 Å². The number of aliphatic hydroxyl groups excluding tert-OH is 1. The number of nitrogens with one attached hydrogen (secondary N) is 1. The van der Waals surface area contributed by atoms with Gasteiger partial charge in [-0.15, -0.1) is 11.3 Å². The summed E-state index contributed by atoms with van der Waals surface area (Å²) in [6.07, 6.45) is 1.33. The molecule has 1 rings (SSSR count). The summed E-state index contributed by atoms with van der Waals surface area (Å²) < 4.78 is 0. The van der Waals surface area contributed by atoms with E-state index in [1.165, 1.54) is 0 Å². The molecule has 0 aliphatic rings. The Morgan fingerprint density at radius 2 is 2.28 bits per heavy atom. The Bertz CT molecular complexity index is 377. The predicted molar refractivity (Wildman–Crippen MR) is 73.8 cm³/mol. The summed E-state index contributed by atoms with van der Waals surface area (Å²) in [5, 5.41) is 15.2. The van der Waals surface area contributed by atoms with Crippen molar-refractivity contribution in [1.29, 1.82) is 0 Å². The summed E-state index contributed by atoms with van der Waals surface area (Å²) >= 11 is 1.60. The maximum Gasteiger partial charge on any atom is 0.226 e. The van der Waals surface area contributed by atoms with Gasteiger partial charge in [0, 0.05) is 17.8 Å². The molecule has 0 spiro atoms. The third kappa shape index (κ3) is 5.14. The van der Waals surface area contributed by atoms with Crippen molar-refractivity contribution in [3.8, 4) is 0 Å². The van der Waals surface area contributed by atoms with E-state index in [1.807, 2.05) is 12.3 Å². The van der Waals surface area contributed by atoms with Crippen LogP contribution in [0.15, 0.2) is 5.38 Å². The number of amides is 1. The number of aliphatic hydroxyl groups is 1. The Morgan fingerprint density at radius 3 is 2.83 bits per heavy atom. The van der Waals surface area contributed by atoms with E-state index in [2.05, 4.69) is 24.1 Å². The van der Waals surface area contributed by atoms with Crippen LogP contribution in [0.25, 0.3) is 0 Å². The van der Waals surface area contributed by atoms with Gasteiger partial charge < -0.3 is 10.4 Å². The number of thiazole rings is 1. The predicted octanol–water partition coefficient (Wildman–Crippen LogP) is 2.09. The lowest BCUT2D eigenvalue weighted by molar-refractivity contribution is -0.120. The van der Waals surface area contributed by atoms with E-state index in [9.17, 15) is 9.90 Å². The summed E-state index contributed by atoms with van der Waals surface area (Å²) in [6.45, 7) is 6.63. The minimum absolute atomic E-state index is 0.0288. The first-order valence-corrected chi connectivity index (χ1v) is 7.30. The molecule has 4 nitrogen and oxygen atoms in total. The first-order chi connectivity index (χ1) is 8.52. The fraction of sp³-hybridized carbons (Fsp3) is 0.692. The number of hydrogen-bond acceptors (Lipinski definition) is 4. The first-order valence-electron chi connectivity index (χ1n) is 6.42. The maximum atomic E-state index is 11.6. The van der Waals surface area contributed by atoms with Gasteiger partial charge in [-0.05, 0) is 12.8 Å². The number of hydrogen-bond donors (Lipinski definition) is 2. The average Bonchev–Trinajstić information content (AvgIpc) is 2.77. The van der Waals surface area contributed by atoms with Crippen LogP contribution in [0.5, 0.6) is 0 Å². The number of carbonyl (C=O) groups is 1. The lowest BCUT2D eigenvalue weighted by Gasteiger charge is -2.08. The molecule has 0 aliphatic carbocycles. The Morgan fingerprint density at radius 1 is 1.56 bits per heavy atom. The maximum absolute atomic E-state index is 11.6. The molecule has 0 fully saturated rings. The SMILES string of the molecule is CCC(O)CCNC(=O)Cc1csc(C(C)C)n1. The second kappa shape index (κ2) is 7.48. The second-order valence-electron chi connectivity index (χ2n) is 4.71. The van der Waals surface area contributed by atoms with Gasteiger partial charge in [0.1, 0.15) is 0 Å². The summed E-state index contributed by atoms with van der Waals surface area (Å²) in [4.78, 5) is 16.1. The molecule has 0 radical (unpaired) electrons. The molecular formula is C13H22N2O2S. The van der Waals surface area contributed by atoms with Crippen LogP contribution in [0, 0.1) is 0 Å². The van der Waals surface area contributed by atoms with E-state index in [1.54, 1.807) is 11.3 Å². The molecule has 1 amide bonds. The number of aromatic nitrogens is 1. The molecule has 0 bridgehead atoms. The minimum Gasteiger partial charge on any atom is -0.393 e. The molecule has 5 heteroatoms. The van der Waals surface area contributed by atoms with E-state index in [0.717, 1.165) is 17.1 Å². The van der Waals surface area contributed by atoms with Gasteiger partial charge in [0.2, 0.25) is 5.91 Å². The highest BCUT2D eigenvalue weighted by atomic mass is 32.1. The Kier molecular flexibility index (Phi) is 6.29. The second-order valence-corrected chi connectivity index (χ2v) is 5.60.